The second-order valence-corrected chi connectivity index (χ2v) is 4.74. The topological polar surface area (TPSA) is 65.8 Å². The van der Waals surface area contributed by atoms with Gasteiger partial charge in [0.1, 0.15) is 6.07 Å². The number of nitriles is 1. The van der Waals surface area contributed by atoms with Gasteiger partial charge in [0.05, 0.1) is 11.1 Å². The Balaban J connectivity index is 2.00. The van der Waals surface area contributed by atoms with Gasteiger partial charge in [0, 0.05) is 18.4 Å². The van der Waals surface area contributed by atoms with Gasteiger partial charge in [-0.15, -0.1) is 0 Å². The van der Waals surface area contributed by atoms with E-state index in [0.29, 0.717) is 11.1 Å². The Morgan fingerprint density at radius 3 is 2.67 bits per heavy atom. The third-order valence-electron chi connectivity index (χ3n) is 3.32. The molecular formula is C14H17N3O. The zero-order chi connectivity index (χ0) is 12.8. The molecule has 0 aromatic carbocycles. The number of aromatic nitrogens is 1. The van der Waals surface area contributed by atoms with Crippen LogP contribution in [0.3, 0.4) is 0 Å². The van der Waals surface area contributed by atoms with E-state index in [4.69, 9.17) is 5.26 Å². The highest BCUT2D eigenvalue weighted by molar-refractivity contribution is 5.94. The van der Waals surface area contributed by atoms with Crippen molar-refractivity contribution in [2.45, 2.75) is 44.6 Å². The number of nitrogens with one attached hydrogen (secondary N) is 1. The Morgan fingerprint density at radius 1 is 1.28 bits per heavy atom. The summed E-state index contributed by atoms with van der Waals surface area (Å²) in [5.41, 5.74) is 0.891. The van der Waals surface area contributed by atoms with Crippen LogP contribution in [-0.4, -0.2) is 16.9 Å². The Kier molecular flexibility index (Phi) is 4.30. The molecule has 1 aromatic rings. The Labute approximate surface area is 107 Å². The number of nitrogens with zero attached hydrogens (tertiary/aromatic N) is 2. The molecule has 2 rings (SSSR count). The van der Waals surface area contributed by atoms with Crippen LogP contribution in [0.15, 0.2) is 18.5 Å². The van der Waals surface area contributed by atoms with Gasteiger partial charge in [-0.25, -0.2) is 0 Å². The minimum Gasteiger partial charge on any atom is -0.349 e. The predicted octanol–water partition coefficient (Wildman–Crippen LogP) is 2.41. The second-order valence-electron chi connectivity index (χ2n) is 4.74. The zero-order valence-electron chi connectivity index (χ0n) is 10.4. The van der Waals surface area contributed by atoms with E-state index in [2.05, 4.69) is 10.3 Å². The van der Waals surface area contributed by atoms with Crippen molar-refractivity contribution in [3.05, 3.63) is 29.6 Å². The van der Waals surface area contributed by atoms with Gasteiger partial charge in [0.2, 0.25) is 0 Å². The van der Waals surface area contributed by atoms with Gasteiger partial charge in [-0.2, -0.15) is 5.26 Å². The van der Waals surface area contributed by atoms with Crippen molar-refractivity contribution >= 4 is 5.91 Å². The van der Waals surface area contributed by atoms with E-state index in [1.54, 1.807) is 6.07 Å². The lowest BCUT2D eigenvalue weighted by atomic mass is 10.1. The van der Waals surface area contributed by atoms with Crippen LogP contribution in [0.4, 0.5) is 0 Å². The molecule has 1 aliphatic carbocycles. The van der Waals surface area contributed by atoms with Crippen LogP contribution in [0.5, 0.6) is 0 Å². The molecule has 1 amide bonds. The molecule has 0 atom stereocenters. The van der Waals surface area contributed by atoms with Crippen molar-refractivity contribution in [2.24, 2.45) is 0 Å². The molecule has 4 heteroatoms. The average Bonchev–Trinajstić information content (AvgIpc) is 2.67. The zero-order valence-corrected chi connectivity index (χ0v) is 10.4. The molecule has 0 aliphatic heterocycles. The molecule has 0 saturated heterocycles. The SMILES string of the molecule is N#Cc1cncc(C(=O)NC2CCCCCC2)c1. The van der Waals surface area contributed by atoms with E-state index in [0.717, 1.165) is 12.8 Å². The van der Waals surface area contributed by atoms with E-state index >= 15 is 0 Å². The summed E-state index contributed by atoms with van der Waals surface area (Å²) in [4.78, 5) is 15.9. The van der Waals surface area contributed by atoms with Gasteiger partial charge in [-0.05, 0) is 18.9 Å². The largest absolute Gasteiger partial charge is 0.349 e. The molecule has 0 radical (unpaired) electrons. The van der Waals surface area contributed by atoms with E-state index in [1.165, 1.54) is 38.1 Å². The van der Waals surface area contributed by atoms with Crippen LogP contribution in [0.25, 0.3) is 0 Å². The molecule has 18 heavy (non-hydrogen) atoms. The summed E-state index contributed by atoms with van der Waals surface area (Å²) in [5.74, 6) is -0.119. The molecule has 1 aromatic heterocycles. The lowest BCUT2D eigenvalue weighted by Crippen LogP contribution is -2.34. The monoisotopic (exact) mass is 243 g/mol. The number of rotatable bonds is 2. The molecule has 1 saturated carbocycles. The highest BCUT2D eigenvalue weighted by atomic mass is 16.1. The smallest absolute Gasteiger partial charge is 0.253 e. The summed E-state index contributed by atoms with van der Waals surface area (Å²) in [7, 11) is 0. The fourth-order valence-electron chi connectivity index (χ4n) is 2.32. The number of hydrogen-bond acceptors (Lipinski definition) is 3. The van der Waals surface area contributed by atoms with Gasteiger partial charge in [0.15, 0.2) is 0 Å². The van der Waals surface area contributed by atoms with Gasteiger partial charge >= 0.3 is 0 Å². The van der Waals surface area contributed by atoms with Crippen molar-refractivity contribution in [1.29, 1.82) is 5.26 Å². The van der Waals surface area contributed by atoms with Crippen LogP contribution >= 0.6 is 0 Å². The van der Waals surface area contributed by atoms with Crippen LogP contribution in [0.1, 0.15) is 54.4 Å². The number of carbonyl (C=O) groups is 1. The van der Waals surface area contributed by atoms with E-state index in [-0.39, 0.29) is 11.9 Å². The van der Waals surface area contributed by atoms with E-state index < -0.39 is 0 Å². The maximum Gasteiger partial charge on any atom is 0.253 e. The van der Waals surface area contributed by atoms with Crippen LogP contribution in [-0.2, 0) is 0 Å². The number of hydrogen-bond donors (Lipinski definition) is 1. The predicted molar refractivity (Wildman–Crippen MR) is 67.9 cm³/mol. The minimum absolute atomic E-state index is 0.119. The van der Waals surface area contributed by atoms with Crippen LogP contribution in [0, 0.1) is 11.3 Å². The van der Waals surface area contributed by atoms with E-state index in [9.17, 15) is 4.79 Å². The number of amides is 1. The van der Waals surface area contributed by atoms with Crippen molar-refractivity contribution in [1.82, 2.24) is 10.3 Å². The molecule has 94 valence electrons. The lowest BCUT2D eigenvalue weighted by Gasteiger charge is -2.16. The molecule has 0 spiro atoms. The van der Waals surface area contributed by atoms with Gasteiger partial charge in [-0.3, -0.25) is 9.78 Å². The first kappa shape index (κ1) is 12.6. The molecule has 4 nitrogen and oxygen atoms in total. The van der Waals surface area contributed by atoms with Crippen LogP contribution < -0.4 is 5.32 Å². The fourth-order valence-corrected chi connectivity index (χ4v) is 2.32. The summed E-state index contributed by atoms with van der Waals surface area (Å²) in [6.07, 6.45) is 9.96. The van der Waals surface area contributed by atoms with E-state index in [1.807, 2.05) is 6.07 Å². The fraction of sp³-hybridized carbons (Fsp3) is 0.500. The average molecular weight is 243 g/mol. The van der Waals surface area contributed by atoms with Crippen molar-refractivity contribution in [2.75, 3.05) is 0 Å². The van der Waals surface area contributed by atoms with Crippen LogP contribution in [0.2, 0.25) is 0 Å². The first-order valence-corrected chi connectivity index (χ1v) is 6.45. The summed E-state index contributed by atoms with van der Waals surface area (Å²) < 4.78 is 0. The summed E-state index contributed by atoms with van der Waals surface area (Å²) >= 11 is 0. The Hall–Kier alpha value is -1.89. The molecule has 1 N–H and O–H groups in total. The third kappa shape index (κ3) is 3.30. The van der Waals surface area contributed by atoms with Crippen molar-refractivity contribution in [3.8, 4) is 6.07 Å². The third-order valence-corrected chi connectivity index (χ3v) is 3.32. The summed E-state index contributed by atoms with van der Waals surface area (Å²) in [5, 5.41) is 11.8. The molecule has 1 fully saturated rings. The normalized spacial score (nSPS) is 16.6. The Bertz CT molecular complexity index is 456. The molecular weight excluding hydrogens is 226 g/mol. The number of carbonyl (C=O) groups excluding carboxylic acids is 1. The highest BCUT2D eigenvalue weighted by Crippen LogP contribution is 2.17. The van der Waals surface area contributed by atoms with Crippen molar-refractivity contribution in [3.63, 3.8) is 0 Å². The number of pyridine rings is 1. The Morgan fingerprint density at radius 2 is 2.00 bits per heavy atom. The lowest BCUT2D eigenvalue weighted by molar-refractivity contribution is 0.0933. The molecule has 1 aliphatic rings. The molecule has 1 heterocycles. The molecule has 0 bridgehead atoms. The van der Waals surface area contributed by atoms with Gasteiger partial charge in [0.25, 0.3) is 5.91 Å². The van der Waals surface area contributed by atoms with Crippen molar-refractivity contribution < 1.29 is 4.79 Å². The standard InChI is InChI=1S/C14H17N3O/c15-8-11-7-12(10-16-9-11)14(18)17-13-5-3-1-2-4-6-13/h7,9-10,13H,1-6H2,(H,17,18). The minimum atomic E-state index is -0.119. The quantitative estimate of drug-likeness (QED) is 0.811. The highest BCUT2D eigenvalue weighted by Gasteiger charge is 2.16. The van der Waals surface area contributed by atoms with Gasteiger partial charge < -0.3 is 5.32 Å². The molecule has 0 unspecified atom stereocenters. The maximum atomic E-state index is 12.0. The first-order valence-electron chi connectivity index (χ1n) is 6.45. The van der Waals surface area contributed by atoms with Gasteiger partial charge in [-0.1, -0.05) is 25.7 Å². The first-order chi connectivity index (χ1) is 8.79. The summed E-state index contributed by atoms with van der Waals surface area (Å²) in [6.45, 7) is 0. The second kappa shape index (κ2) is 6.15. The summed E-state index contributed by atoms with van der Waals surface area (Å²) in [6, 6.07) is 3.84. The maximum absolute atomic E-state index is 12.0.